The van der Waals surface area contributed by atoms with Crippen LogP contribution in [0, 0.1) is 5.92 Å². The molecule has 1 saturated carbocycles. The van der Waals surface area contributed by atoms with Crippen LogP contribution in [0.2, 0.25) is 0 Å². The molecule has 91 heavy (non-hydrogen) atoms. The Hall–Kier alpha value is -6.92. The fraction of sp³-hybridized carbons (Fsp3) is 0.459. The summed E-state index contributed by atoms with van der Waals surface area (Å²) in [6.07, 6.45) is 12.5. The summed E-state index contributed by atoms with van der Waals surface area (Å²) in [6.45, 7) is 42.4. The highest BCUT2D eigenvalue weighted by atomic mass is 16.3. The van der Waals surface area contributed by atoms with Crippen molar-refractivity contribution < 1.29 is 8.83 Å². The van der Waals surface area contributed by atoms with Gasteiger partial charge < -0.3 is 23.5 Å². The van der Waals surface area contributed by atoms with Crippen LogP contribution in [0.5, 0.6) is 0 Å². The van der Waals surface area contributed by atoms with Crippen LogP contribution in [0.1, 0.15) is 238 Å². The number of anilines is 8. The highest BCUT2D eigenvalue weighted by Gasteiger charge is 2.63. The van der Waals surface area contributed by atoms with Gasteiger partial charge in [-0.2, -0.15) is 0 Å². The first-order valence-electron chi connectivity index (χ1n) is 35.2. The Morgan fingerprint density at radius 3 is 1.34 bits per heavy atom. The summed E-state index contributed by atoms with van der Waals surface area (Å²) >= 11 is 0. The number of hydrogen-bond acceptors (Lipinski definition) is 5. The summed E-state index contributed by atoms with van der Waals surface area (Å²) in [4.78, 5) is 8.38. The molecule has 4 atom stereocenters. The average Bonchev–Trinajstić information content (AvgIpc) is 1.51. The van der Waals surface area contributed by atoms with E-state index in [0.29, 0.717) is 5.92 Å². The van der Waals surface area contributed by atoms with E-state index in [1.807, 2.05) is 0 Å². The minimum Gasteiger partial charge on any atom is -0.468 e. The van der Waals surface area contributed by atoms with Crippen LogP contribution < -0.4 is 31.5 Å². The molecule has 9 aliphatic rings. The van der Waals surface area contributed by atoms with Crippen LogP contribution in [0.15, 0.2) is 130 Å². The van der Waals surface area contributed by atoms with Gasteiger partial charge in [0, 0.05) is 50.3 Å². The first-order chi connectivity index (χ1) is 42.9. The summed E-state index contributed by atoms with van der Waals surface area (Å²) in [5.74, 6) is 0.449. The lowest BCUT2D eigenvalue weighted by molar-refractivity contribution is 0.0840. The Balaban J connectivity index is 1.02. The first-order valence-corrected chi connectivity index (χ1v) is 35.2. The molecule has 2 aromatic heterocycles. The van der Waals surface area contributed by atoms with E-state index in [4.69, 9.17) is 8.83 Å². The third-order valence-electron chi connectivity index (χ3n) is 27.6. The molecule has 9 aromatic rings. The maximum Gasteiger partial charge on any atom is 0.342 e. The molecule has 0 saturated heterocycles. The lowest BCUT2D eigenvalue weighted by atomic mass is 9.37. The SMILES string of the molecule is CC1(C)CCC(C)(C)c2cc(N3c4cc5cc6c4B(c4oc7cc8c(cc7c43)C(C)(C)CCC8(C)C)c3oc4cc7c(cc4c3N6c3ccc4c(c3)C(C)(CCC4(C)C)C3CCC4(C)c6cc(-c8ccccc8)ccc6N5C4(C)C3)C(C)(C)CCC7(C)C)ccc21. The summed E-state index contributed by atoms with van der Waals surface area (Å²) in [5.41, 5.74) is 30.2. The minimum absolute atomic E-state index is 0.00625. The quantitative estimate of drug-likeness (QED) is 0.161. The Morgan fingerprint density at radius 2 is 0.824 bits per heavy atom. The van der Waals surface area contributed by atoms with Crippen molar-refractivity contribution in [1.29, 1.82) is 0 Å². The van der Waals surface area contributed by atoms with E-state index in [-0.39, 0.29) is 61.0 Å². The number of furan rings is 2. The highest BCUT2D eigenvalue weighted by Crippen LogP contribution is 2.67. The normalized spacial score (nSPS) is 27.0. The lowest BCUT2D eigenvalue weighted by Gasteiger charge is -2.58. The second kappa shape index (κ2) is 17.5. The smallest absolute Gasteiger partial charge is 0.342 e. The van der Waals surface area contributed by atoms with E-state index in [1.54, 1.807) is 5.56 Å². The average molecular weight is 1200 g/mol. The molecular formula is C85H94BN3O2. The second-order valence-corrected chi connectivity index (χ2v) is 36.0. The van der Waals surface area contributed by atoms with Crippen molar-refractivity contribution in [3.8, 4) is 11.1 Å². The molecule has 6 heteroatoms. The topological polar surface area (TPSA) is 36.0 Å². The van der Waals surface area contributed by atoms with Gasteiger partial charge in [-0.25, -0.2) is 0 Å². The van der Waals surface area contributed by atoms with Gasteiger partial charge in [-0.05, 0) is 266 Å². The van der Waals surface area contributed by atoms with E-state index < -0.39 is 0 Å². The fourth-order valence-corrected chi connectivity index (χ4v) is 21.0. The maximum atomic E-state index is 7.98. The molecule has 6 heterocycles. The van der Waals surface area contributed by atoms with Crippen molar-refractivity contribution in [2.24, 2.45) is 5.92 Å². The molecule has 0 radical (unpaired) electrons. The predicted molar refractivity (Wildman–Crippen MR) is 383 cm³/mol. The van der Waals surface area contributed by atoms with Crippen LogP contribution in [-0.2, 0) is 48.7 Å². The molecule has 464 valence electrons. The van der Waals surface area contributed by atoms with Gasteiger partial charge in [-0.1, -0.05) is 159 Å². The zero-order valence-electron chi connectivity index (χ0n) is 57.6. The molecular weight excluding hydrogens is 1110 g/mol. The third-order valence-corrected chi connectivity index (χ3v) is 27.6. The van der Waals surface area contributed by atoms with Crippen LogP contribution in [-0.4, -0.2) is 12.3 Å². The molecule has 18 rings (SSSR count). The summed E-state index contributed by atoms with van der Waals surface area (Å²) in [6, 6.07) is 49.7. The molecule has 1 fully saturated rings. The molecule has 0 N–H and O–H groups in total. The van der Waals surface area contributed by atoms with Crippen molar-refractivity contribution in [2.45, 2.75) is 243 Å². The zero-order chi connectivity index (χ0) is 63.2. The van der Waals surface area contributed by atoms with E-state index in [0.717, 1.165) is 91.6 Å². The monoisotopic (exact) mass is 1200 g/mol. The van der Waals surface area contributed by atoms with Crippen molar-refractivity contribution in [3.63, 3.8) is 0 Å². The van der Waals surface area contributed by atoms with Gasteiger partial charge in [0.15, 0.2) is 0 Å². The highest BCUT2D eigenvalue weighted by molar-refractivity contribution is 6.99. The van der Waals surface area contributed by atoms with Crippen molar-refractivity contribution in [2.75, 3.05) is 14.7 Å². The largest absolute Gasteiger partial charge is 0.468 e. The van der Waals surface area contributed by atoms with Crippen molar-refractivity contribution in [3.05, 3.63) is 171 Å². The molecule has 7 aromatic carbocycles. The Morgan fingerprint density at radius 1 is 0.374 bits per heavy atom. The Bertz CT molecular complexity index is 4710. The van der Waals surface area contributed by atoms with Gasteiger partial charge in [0.1, 0.15) is 22.5 Å². The molecule has 0 spiro atoms. The fourth-order valence-electron chi connectivity index (χ4n) is 21.0. The lowest BCUT2D eigenvalue weighted by Crippen LogP contribution is -2.61. The van der Waals surface area contributed by atoms with Crippen molar-refractivity contribution >= 4 is 90.9 Å². The predicted octanol–water partition coefficient (Wildman–Crippen LogP) is 21.3. The number of rotatable bonds is 2. The van der Waals surface area contributed by atoms with E-state index in [2.05, 4.69) is 254 Å². The molecule has 4 unspecified atom stereocenters. The second-order valence-electron chi connectivity index (χ2n) is 36.0. The molecule has 5 aliphatic carbocycles. The standard InChI is InChI=1S/C85H94BN3O2/c1-76(2)31-32-78(5,6)59-40-52(24-26-57(59)76)87-67-42-54-43-68-71(67)86(74-72(87)55-44-60-62(46-69(55)90-74)81(11,12)35-33-79(60,7)8)75-73(56-45-61-63(47-70(56)91-75)82(13,14)36-34-80(61,9)10)88(68)53-25-27-58-64(41-53)83(15,38-37-77(58,3)4)51-29-30-84(16)65-39-50(49-21-19-18-20-22-49)23-28-66(65)89(54)85(84,17)48-51/h18-28,39-47,51H,29-38,48H2,1-17H3. The van der Waals surface area contributed by atoms with E-state index in [9.17, 15) is 0 Å². The number of fused-ring (bicyclic) bond motifs is 21. The minimum atomic E-state index is -0.352. The Labute approximate surface area is 542 Å². The molecule has 0 amide bonds. The van der Waals surface area contributed by atoms with Crippen molar-refractivity contribution in [1.82, 2.24) is 0 Å². The van der Waals surface area contributed by atoms with Gasteiger partial charge in [0.25, 0.3) is 0 Å². The number of benzene rings is 7. The van der Waals surface area contributed by atoms with Gasteiger partial charge in [0.05, 0.1) is 16.9 Å². The van der Waals surface area contributed by atoms with Crippen LogP contribution in [0.4, 0.5) is 45.5 Å². The summed E-state index contributed by atoms with van der Waals surface area (Å²) in [5, 5.41) is 2.38. The van der Waals surface area contributed by atoms with Gasteiger partial charge in [-0.3, -0.25) is 0 Å². The first kappa shape index (κ1) is 56.8. The Kier molecular flexibility index (Phi) is 10.9. The van der Waals surface area contributed by atoms with Crippen LogP contribution >= 0.6 is 0 Å². The van der Waals surface area contributed by atoms with Crippen LogP contribution in [0.3, 0.4) is 0 Å². The van der Waals surface area contributed by atoms with E-state index in [1.165, 1.54) is 119 Å². The summed E-state index contributed by atoms with van der Waals surface area (Å²) in [7, 11) is 0. The molecule has 4 aliphatic heterocycles. The zero-order valence-corrected chi connectivity index (χ0v) is 57.6. The summed E-state index contributed by atoms with van der Waals surface area (Å²) < 4.78 is 16.0. The third kappa shape index (κ3) is 7.27. The molecule has 5 nitrogen and oxygen atoms in total. The van der Waals surface area contributed by atoms with Gasteiger partial charge in [-0.15, -0.1) is 0 Å². The molecule has 6 bridgehead atoms. The van der Waals surface area contributed by atoms with Crippen LogP contribution in [0.25, 0.3) is 33.1 Å². The number of nitrogens with zero attached hydrogens (tertiary/aromatic N) is 3. The van der Waals surface area contributed by atoms with Gasteiger partial charge in [0.2, 0.25) is 0 Å². The maximum absolute atomic E-state index is 7.98. The van der Waals surface area contributed by atoms with E-state index >= 15 is 0 Å². The number of hydrogen-bond donors (Lipinski definition) is 0. The van der Waals surface area contributed by atoms with Gasteiger partial charge >= 0.3 is 6.71 Å².